The number of nitrogens with zero attached hydrogens (tertiary/aromatic N) is 5. The molecule has 1 spiro atoms. The first kappa shape index (κ1) is 13.2. The monoisotopic (exact) mass is 299 g/mol. The van der Waals surface area contributed by atoms with Crippen LogP contribution in [0.25, 0.3) is 0 Å². The molecule has 114 valence electrons. The third-order valence-electron chi connectivity index (χ3n) is 4.42. The van der Waals surface area contributed by atoms with Gasteiger partial charge in [-0.25, -0.2) is 4.68 Å². The lowest BCUT2D eigenvalue weighted by atomic mass is 9.74. The number of ether oxygens (including phenoxy) is 1. The molecule has 0 atom stereocenters. The molecule has 22 heavy (non-hydrogen) atoms. The lowest BCUT2D eigenvalue weighted by molar-refractivity contribution is -0.146. The van der Waals surface area contributed by atoms with E-state index in [1.54, 1.807) is 4.68 Å². The van der Waals surface area contributed by atoms with E-state index < -0.39 is 0 Å². The summed E-state index contributed by atoms with van der Waals surface area (Å²) in [5, 5.41) is 10.9. The molecule has 7 heteroatoms. The molecule has 3 heterocycles. The lowest BCUT2D eigenvalue weighted by Crippen LogP contribution is -2.62. The van der Waals surface area contributed by atoms with Gasteiger partial charge < -0.3 is 9.64 Å². The van der Waals surface area contributed by atoms with Gasteiger partial charge in [-0.15, -0.1) is 5.10 Å². The van der Waals surface area contributed by atoms with Crippen molar-refractivity contribution in [1.82, 2.24) is 25.1 Å². The summed E-state index contributed by atoms with van der Waals surface area (Å²) in [5.41, 5.74) is 1.34. The highest BCUT2D eigenvalue weighted by Gasteiger charge is 2.47. The molecule has 7 nitrogen and oxygen atoms in total. The minimum Gasteiger partial charge on any atom is -0.493 e. The van der Waals surface area contributed by atoms with Crippen LogP contribution in [0.2, 0.25) is 0 Å². The number of likely N-dealkylation sites (tertiary alicyclic amines) is 1. The Labute approximate surface area is 127 Å². The molecule has 1 aromatic carbocycles. The Bertz CT molecular complexity index is 679. The molecule has 0 unspecified atom stereocenters. The van der Waals surface area contributed by atoms with Crippen LogP contribution in [-0.2, 0) is 17.8 Å². The van der Waals surface area contributed by atoms with Crippen molar-refractivity contribution in [3.05, 3.63) is 36.2 Å². The van der Waals surface area contributed by atoms with Gasteiger partial charge in [-0.05, 0) is 28.5 Å². The fourth-order valence-electron chi connectivity index (χ4n) is 3.27. The number of aromatic nitrogens is 4. The maximum Gasteiger partial charge on any atom is 0.224 e. The minimum absolute atomic E-state index is 0.0961. The number of hydrogen-bond acceptors (Lipinski definition) is 5. The van der Waals surface area contributed by atoms with Crippen molar-refractivity contribution in [1.29, 1.82) is 0 Å². The Morgan fingerprint density at radius 3 is 3.00 bits per heavy atom. The molecule has 0 N–H and O–H groups in total. The maximum absolute atomic E-state index is 12.2. The van der Waals surface area contributed by atoms with E-state index in [2.05, 4.69) is 21.6 Å². The molecular weight excluding hydrogens is 282 g/mol. The Balaban J connectivity index is 1.33. The number of fused-ring (bicyclic) bond motifs is 1. The van der Waals surface area contributed by atoms with Gasteiger partial charge in [0.15, 0.2) is 0 Å². The molecule has 0 bridgehead atoms. The number of carbonyl (C=O) groups is 1. The molecule has 0 saturated carbocycles. The van der Waals surface area contributed by atoms with Crippen LogP contribution in [0.15, 0.2) is 30.6 Å². The number of carbonyl (C=O) groups excluding carboxylic acids is 1. The van der Waals surface area contributed by atoms with Crippen LogP contribution < -0.4 is 4.74 Å². The fourth-order valence-corrected chi connectivity index (χ4v) is 3.27. The smallest absolute Gasteiger partial charge is 0.224 e. The van der Waals surface area contributed by atoms with Gasteiger partial charge in [-0.1, -0.05) is 18.2 Å². The molecule has 1 aromatic heterocycles. The third-order valence-corrected chi connectivity index (χ3v) is 4.42. The van der Waals surface area contributed by atoms with Crippen molar-refractivity contribution < 1.29 is 9.53 Å². The average Bonchev–Trinajstić information content (AvgIpc) is 3.03. The van der Waals surface area contributed by atoms with Crippen LogP contribution in [0, 0.1) is 5.41 Å². The second-order valence-electron chi connectivity index (χ2n) is 6.15. The second kappa shape index (κ2) is 5.08. The Kier molecular flexibility index (Phi) is 3.06. The van der Waals surface area contributed by atoms with E-state index in [0.717, 1.165) is 25.3 Å². The van der Waals surface area contributed by atoms with Gasteiger partial charge in [0, 0.05) is 24.9 Å². The first-order chi connectivity index (χ1) is 10.7. The molecule has 2 aliphatic rings. The van der Waals surface area contributed by atoms with E-state index in [9.17, 15) is 4.79 Å². The molecule has 1 fully saturated rings. The van der Waals surface area contributed by atoms with Crippen LogP contribution in [0.1, 0.15) is 12.0 Å². The van der Waals surface area contributed by atoms with Crippen LogP contribution in [0.5, 0.6) is 5.75 Å². The predicted octanol–water partition coefficient (Wildman–Crippen LogP) is 0.527. The lowest BCUT2D eigenvalue weighted by Gasteiger charge is -2.51. The van der Waals surface area contributed by atoms with Gasteiger partial charge in [-0.3, -0.25) is 4.79 Å². The van der Waals surface area contributed by atoms with Crippen LogP contribution in [0.4, 0.5) is 0 Å². The number of benzene rings is 1. The molecule has 4 rings (SSSR count). The normalized spacial score (nSPS) is 18.5. The number of tetrazole rings is 1. The van der Waals surface area contributed by atoms with E-state index in [-0.39, 0.29) is 11.3 Å². The van der Waals surface area contributed by atoms with E-state index in [1.807, 2.05) is 23.1 Å². The highest BCUT2D eigenvalue weighted by molar-refractivity contribution is 5.77. The number of hydrogen-bond donors (Lipinski definition) is 0. The SMILES string of the molecule is O=C(CCn1cnnn1)N1CC2(COc3ccccc3C2)C1. The topological polar surface area (TPSA) is 73.1 Å². The highest BCUT2D eigenvalue weighted by Crippen LogP contribution is 2.41. The third kappa shape index (κ3) is 2.32. The maximum atomic E-state index is 12.2. The van der Waals surface area contributed by atoms with Crippen molar-refractivity contribution in [3.8, 4) is 5.75 Å². The Hall–Kier alpha value is -2.44. The summed E-state index contributed by atoms with van der Waals surface area (Å²) in [6, 6.07) is 8.15. The molecule has 2 aliphatic heterocycles. The van der Waals surface area contributed by atoms with Gasteiger partial charge in [0.2, 0.25) is 5.91 Å². The highest BCUT2D eigenvalue weighted by atomic mass is 16.5. The van der Waals surface area contributed by atoms with Crippen LogP contribution in [0.3, 0.4) is 0 Å². The first-order valence-electron chi connectivity index (χ1n) is 7.43. The number of rotatable bonds is 3. The standard InChI is InChI=1S/C15H17N5O2/c21-14(5-6-20-11-16-17-18-20)19-8-15(9-19)7-12-3-1-2-4-13(12)22-10-15/h1-4,11H,5-10H2. The summed E-state index contributed by atoms with van der Waals surface area (Å²) in [6.45, 7) is 2.76. The molecular formula is C15H17N5O2. The molecule has 0 radical (unpaired) electrons. The summed E-state index contributed by atoms with van der Waals surface area (Å²) in [6.07, 6.45) is 2.94. The second-order valence-corrected chi connectivity index (χ2v) is 6.15. The summed E-state index contributed by atoms with van der Waals surface area (Å²) < 4.78 is 7.44. The van der Waals surface area contributed by atoms with Crippen LogP contribution in [-0.4, -0.2) is 50.7 Å². The van der Waals surface area contributed by atoms with E-state index in [0.29, 0.717) is 19.6 Å². The zero-order valence-electron chi connectivity index (χ0n) is 12.2. The van der Waals surface area contributed by atoms with Crippen molar-refractivity contribution in [3.63, 3.8) is 0 Å². The molecule has 0 aliphatic carbocycles. The minimum atomic E-state index is 0.0961. The van der Waals surface area contributed by atoms with Gasteiger partial charge in [0.05, 0.1) is 13.2 Å². The molecule has 2 aromatic rings. The fraction of sp³-hybridized carbons (Fsp3) is 0.467. The molecule has 1 saturated heterocycles. The number of amides is 1. The number of para-hydroxylation sites is 1. The summed E-state index contributed by atoms with van der Waals surface area (Å²) in [4.78, 5) is 14.1. The van der Waals surface area contributed by atoms with E-state index in [1.165, 1.54) is 11.9 Å². The van der Waals surface area contributed by atoms with Crippen LogP contribution >= 0.6 is 0 Å². The van der Waals surface area contributed by atoms with Gasteiger partial charge in [0.1, 0.15) is 12.1 Å². The largest absolute Gasteiger partial charge is 0.493 e. The van der Waals surface area contributed by atoms with Crippen molar-refractivity contribution in [2.45, 2.75) is 19.4 Å². The van der Waals surface area contributed by atoms with Gasteiger partial charge >= 0.3 is 0 Å². The Morgan fingerprint density at radius 1 is 1.32 bits per heavy atom. The number of aryl methyl sites for hydroxylation is 1. The first-order valence-corrected chi connectivity index (χ1v) is 7.43. The quantitative estimate of drug-likeness (QED) is 0.826. The van der Waals surface area contributed by atoms with Crippen molar-refractivity contribution in [2.24, 2.45) is 5.41 Å². The van der Waals surface area contributed by atoms with Gasteiger partial charge in [-0.2, -0.15) is 0 Å². The zero-order chi connectivity index (χ0) is 15.0. The van der Waals surface area contributed by atoms with Crippen molar-refractivity contribution in [2.75, 3.05) is 19.7 Å². The zero-order valence-corrected chi connectivity index (χ0v) is 12.2. The van der Waals surface area contributed by atoms with E-state index >= 15 is 0 Å². The average molecular weight is 299 g/mol. The Morgan fingerprint density at radius 2 is 2.18 bits per heavy atom. The van der Waals surface area contributed by atoms with Crippen molar-refractivity contribution >= 4 is 5.91 Å². The van der Waals surface area contributed by atoms with Gasteiger partial charge in [0.25, 0.3) is 0 Å². The van der Waals surface area contributed by atoms with E-state index in [4.69, 9.17) is 4.74 Å². The summed E-state index contributed by atoms with van der Waals surface area (Å²) in [7, 11) is 0. The summed E-state index contributed by atoms with van der Waals surface area (Å²) >= 11 is 0. The molecule has 1 amide bonds. The predicted molar refractivity (Wildman–Crippen MR) is 77.1 cm³/mol. The summed E-state index contributed by atoms with van der Waals surface area (Å²) in [5.74, 6) is 1.14.